The minimum atomic E-state index is -4.08. The van der Waals surface area contributed by atoms with Crippen LogP contribution in [0.5, 0.6) is 11.5 Å². The molecule has 1 N–H and O–H groups in total. The van der Waals surface area contributed by atoms with Crippen molar-refractivity contribution in [2.24, 2.45) is 0 Å². The number of rotatable bonds is 10. The Morgan fingerprint density at radius 1 is 1.03 bits per heavy atom. The molecule has 3 aromatic rings. The Labute approximate surface area is 229 Å². The van der Waals surface area contributed by atoms with Gasteiger partial charge in [-0.25, -0.2) is 8.42 Å². The lowest BCUT2D eigenvalue weighted by Gasteiger charge is -2.41. The molecule has 1 heterocycles. The Morgan fingerprint density at radius 2 is 1.68 bits per heavy atom. The van der Waals surface area contributed by atoms with Gasteiger partial charge in [0.25, 0.3) is 10.0 Å². The van der Waals surface area contributed by atoms with E-state index in [1.54, 1.807) is 24.3 Å². The van der Waals surface area contributed by atoms with Crippen LogP contribution in [0.4, 0.5) is 5.69 Å². The first-order valence-corrected chi connectivity index (χ1v) is 14.6. The number of nitrogens with zero attached hydrogens (tertiary/aromatic N) is 1. The Balaban J connectivity index is 1.65. The molecule has 0 unspecified atom stereocenters. The lowest BCUT2D eigenvalue weighted by atomic mass is 9.83. The highest BCUT2D eigenvalue weighted by atomic mass is 35.5. The van der Waals surface area contributed by atoms with Crippen molar-refractivity contribution < 1.29 is 22.7 Å². The van der Waals surface area contributed by atoms with Gasteiger partial charge >= 0.3 is 0 Å². The van der Waals surface area contributed by atoms with Crippen molar-refractivity contribution in [3.8, 4) is 11.5 Å². The second-order valence-electron chi connectivity index (χ2n) is 9.25. The summed E-state index contributed by atoms with van der Waals surface area (Å²) in [5.74, 6) is 0.933. The van der Waals surface area contributed by atoms with E-state index in [0.717, 1.165) is 28.5 Å². The number of benzene rings is 3. The van der Waals surface area contributed by atoms with Crippen LogP contribution >= 0.6 is 11.6 Å². The number of hydrogen-bond donors (Lipinski definition) is 1. The molecule has 0 aliphatic carbocycles. The number of ether oxygens (including phenoxy) is 2. The Morgan fingerprint density at radius 3 is 2.32 bits per heavy atom. The molecule has 0 aromatic heterocycles. The molecule has 0 fully saturated rings. The molecule has 38 heavy (non-hydrogen) atoms. The van der Waals surface area contributed by atoms with Crippen molar-refractivity contribution >= 4 is 33.2 Å². The maximum Gasteiger partial charge on any atom is 0.264 e. The van der Waals surface area contributed by atoms with E-state index in [1.165, 1.54) is 24.3 Å². The third-order valence-corrected chi connectivity index (χ3v) is 8.99. The monoisotopic (exact) mass is 556 g/mol. The zero-order chi connectivity index (χ0) is 27.3. The predicted octanol–water partition coefficient (Wildman–Crippen LogP) is 6.13. The number of nitrogens with one attached hydrogen (secondary N) is 1. The number of carbonyl (C=O) groups is 1. The molecular formula is C29H33ClN2O5S. The second kappa shape index (κ2) is 11.7. The van der Waals surface area contributed by atoms with Gasteiger partial charge in [-0.2, -0.15) is 0 Å². The van der Waals surface area contributed by atoms with Gasteiger partial charge in [0, 0.05) is 17.0 Å². The fourth-order valence-electron chi connectivity index (χ4n) is 4.72. The van der Waals surface area contributed by atoms with Gasteiger partial charge in [0.2, 0.25) is 5.91 Å². The molecule has 1 aliphatic heterocycles. The van der Waals surface area contributed by atoms with Gasteiger partial charge in [0.05, 0.1) is 23.2 Å². The van der Waals surface area contributed by atoms with Crippen LogP contribution in [0.15, 0.2) is 77.7 Å². The summed E-state index contributed by atoms with van der Waals surface area (Å²) in [6, 6.07) is 19.9. The maximum atomic E-state index is 13.7. The standard InChI is InChI=1S/C29H33ClN2O5S/c1-4-29(5-2)19-26(25-9-7-8-10-27(25)37-29)31-28(33)20-32(22-13-15-23(16-14-22)36-6-3)38(34,35)24-17-11-21(30)12-18-24/h7-18,26H,4-6,19-20H2,1-3H3,(H,31,33)/t26-/m1/s1. The minimum absolute atomic E-state index is 0.0379. The van der Waals surface area contributed by atoms with E-state index in [9.17, 15) is 13.2 Å². The van der Waals surface area contributed by atoms with Crippen molar-refractivity contribution in [2.75, 3.05) is 17.5 Å². The molecule has 1 aliphatic rings. The molecule has 1 atom stereocenters. The van der Waals surface area contributed by atoms with E-state index in [4.69, 9.17) is 21.1 Å². The van der Waals surface area contributed by atoms with E-state index in [-0.39, 0.29) is 10.9 Å². The van der Waals surface area contributed by atoms with Crippen LogP contribution in [-0.2, 0) is 14.8 Å². The van der Waals surface area contributed by atoms with E-state index < -0.39 is 28.1 Å². The number of halogens is 1. The normalized spacial score (nSPS) is 16.2. The van der Waals surface area contributed by atoms with Crippen molar-refractivity contribution in [1.29, 1.82) is 0 Å². The maximum absolute atomic E-state index is 13.7. The van der Waals surface area contributed by atoms with E-state index in [0.29, 0.717) is 29.5 Å². The predicted molar refractivity (Wildman–Crippen MR) is 149 cm³/mol. The first-order valence-electron chi connectivity index (χ1n) is 12.8. The Hall–Kier alpha value is -3.23. The number of carbonyl (C=O) groups excluding carboxylic acids is 1. The van der Waals surface area contributed by atoms with Crippen LogP contribution in [0.2, 0.25) is 5.02 Å². The highest BCUT2D eigenvalue weighted by molar-refractivity contribution is 7.92. The molecule has 0 saturated heterocycles. The van der Waals surface area contributed by atoms with Gasteiger partial charge in [0.15, 0.2) is 0 Å². The summed E-state index contributed by atoms with van der Waals surface area (Å²) in [5, 5.41) is 3.51. The fourth-order valence-corrected chi connectivity index (χ4v) is 6.27. The molecule has 0 spiro atoms. The Bertz CT molecular complexity index is 1360. The largest absolute Gasteiger partial charge is 0.494 e. The van der Waals surface area contributed by atoms with Crippen LogP contribution in [0, 0.1) is 0 Å². The van der Waals surface area contributed by atoms with Crippen LogP contribution in [0.1, 0.15) is 51.6 Å². The number of anilines is 1. The molecule has 0 radical (unpaired) electrons. The fraction of sp³-hybridized carbons (Fsp3) is 0.345. The molecule has 1 amide bonds. The molecule has 3 aromatic carbocycles. The summed E-state index contributed by atoms with van der Waals surface area (Å²) in [6.45, 7) is 6.10. The topological polar surface area (TPSA) is 84.9 Å². The summed E-state index contributed by atoms with van der Waals surface area (Å²) in [4.78, 5) is 13.5. The van der Waals surface area contributed by atoms with Crippen molar-refractivity contribution in [2.45, 2.75) is 56.6 Å². The van der Waals surface area contributed by atoms with Crippen LogP contribution in [-0.4, -0.2) is 33.1 Å². The smallest absolute Gasteiger partial charge is 0.264 e. The lowest BCUT2D eigenvalue weighted by Crippen LogP contribution is -2.47. The van der Waals surface area contributed by atoms with E-state index in [1.807, 2.05) is 31.2 Å². The second-order valence-corrected chi connectivity index (χ2v) is 11.5. The summed E-state index contributed by atoms with van der Waals surface area (Å²) < 4.78 is 40.4. The number of fused-ring (bicyclic) bond motifs is 1. The molecule has 9 heteroatoms. The highest BCUT2D eigenvalue weighted by Gasteiger charge is 2.39. The number of para-hydroxylation sites is 1. The van der Waals surface area contributed by atoms with Crippen LogP contribution < -0.4 is 19.1 Å². The van der Waals surface area contributed by atoms with Gasteiger partial charge in [-0.3, -0.25) is 9.10 Å². The van der Waals surface area contributed by atoms with Crippen LogP contribution in [0.25, 0.3) is 0 Å². The zero-order valence-corrected chi connectivity index (χ0v) is 23.4. The van der Waals surface area contributed by atoms with Crippen molar-refractivity contribution in [1.82, 2.24) is 5.32 Å². The molecule has 0 saturated carbocycles. The van der Waals surface area contributed by atoms with Crippen molar-refractivity contribution in [3.63, 3.8) is 0 Å². The minimum Gasteiger partial charge on any atom is -0.494 e. The summed E-state index contributed by atoms with van der Waals surface area (Å²) in [5.41, 5.74) is 0.824. The average Bonchev–Trinajstić information content (AvgIpc) is 2.92. The summed E-state index contributed by atoms with van der Waals surface area (Å²) in [7, 11) is -4.08. The van der Waals surface area contributed by atoms with Crippen LogP contribution in [0.3, 0.4) is 0 Å². The lowest BCUT2D eigenvalue weighted by molar-refractivity contribution is -0.121. The van der Waals surface area contributed by atoms with Crippen molar-refractivity contribution in [3.05, 3.63) is 83.4 Å². The van der Waals surface area contributed by atoms with Gasteiger partial charge in [0.1, 0.15) is 23.6 Å². The van der Waals surface area contributed by atoms with E-state index >= 15 is 0 Å². The van der Waals surface area contributed by atoms with Gasteiger partial charge in [-0.1, -0.05) is 43.6 Å². The molecule has 202 valence electrons. The first-order chi connectivity index (χ1) is 18.2. The number of sulfonamides is 1. The summed E-state index contributed by atoms with van der Waals surface area (Å²) >= 11 is 5.99. The molecule has 4 rings (SSSR count). The average molecular weight is 557 g/mol. The van der Waals surface area contributed by atoms with Gasteiger partial charge in [-0.05, 0) is 74.4 Å². The quantitative estimate of drug-likeness (QED) is 0.324. The number of hydrogen-bond acceptors (Lipinski definition) is 5. The van der Waals surface area contributed by atoms with E-state index in [2.05, 4.69) is 19.2 Å². The zero-order valence-electron chi connectivity index (χ0n) is 21.8. The van der Waals surface area contributed by atoms with Gasteiger partial charge < -0.3 is 14.8 Å². The Kier molecular flexibility index (Phi) is 8.53. The van der Waals surface area contributed by atoms with Gasteiger partial charge in [-0.15, -0.1) is 0 Å². The first kappa shape index (κ1) is 27.8. The SMILES string of the molecule is CCOc1ccc(N(CC(=O)N[C@@H]2CC(CC)(CC)Oc3ccccc32)S(=O)(=O)c2ccc(Cl)cc2)cc1. The molecular weight excluding hydrogens is 524 g/mol. The molecule has 0 bridgehead atoms. The highest BCUT2D eigenvalue weighted by Crippen LogP contribution is 2.42. The third-order valence-electron chi connectivity index (χ3n) is 6.95. The molecule has 7 nitrogen and oxygen atoms in total. The summed E-state index contributed by atoms with van der Waals surface area (Å²) in [6.07, 6.45) is 2.16. The third kappa shape index (κ3) is 5.92. The number of amides is 1.